The average molecular weight is 357 g/mol. The Labute approximate surface area is 148 Å². The molecular formula is C19H19NO4S. The Morgan fingerprint density at radius 2 is 1.76 bits per heavy atom. The van der Waals surface area contributed by atoms with Crippen molar-refractivity contribution >= 4 is 15.8 Å². The van der Waals surface area contributed by atoms with Crippen molar-refractivity contribution in [3.05, 3.63) is 59.7 Å². The summed E-state index contributed by atoms with van der Waals surface area (Å²) in [6.07, 6.45) is 0. The van der Waals surface area contributed by atoms with Crippen molar-refractivity contribution in [1.82, 2.24) is 4.72 Å². The molecule has 1 N–H and O–H groups in total. The van der Waals surface area contributed by atoms with Gasteiger partial charge in [-0.2, -0.15) is 4.72 Å². The lowest BCUT2D eigenvalue weighted by Crippen LogP contribution is -2.24. The van der Waals surface area contributed by atoms with Gasteiger partial charge in [0.1, 0.15) is 12.4 Å². The van der Waals surface area contributed by atoms with E-state index in [-0.39, 0.29) is 23.8 Å². The Balaban J connectivity index is 1.86. The zero-order valence-electron chi connectivity index (χ0n) is 14.1. The molecule has 2 aromatic carbocycles. The molecule has 0 spiro atoms. The molecule has 5 nitrogen and oxygen atoms in total. The van der Waals surface area contributed by atoms with Crippen LogP contribution in [0.1, 0.15) is 22.8 Å². The molecule has 0 heterocycles. The number of carbonyl (C=O) groups is 1. The van der Waals surface area contributed by atoms with Gasteiger partial charge in [0, 0.05) is 5.56 Å². The maximum absolute atomic E-state index is 12.1. The summed E-state index contributed by atoms with van der Waals surface area (Å²) in [5, 5.41) is 0. The number of ketones is 1. The first-order chi connectivity index (χ1) is 11.9. The highest BCUT2D eigenvalue weighted by Crippen LogP contribution is 2.15. The van der Waals surface area contributed by atoms with E-state index in [0.29, 0.717) is 5.56 Å². The van der Waals surface area contributed by atoms with E-state index in [1.165, 1.54) is 31.2 Å². The fourth-order valence-electron chi connectivity index (χ4n) is 2.03. The zero-order valence-corrected chi connectivity index (χ0v) is 14.9. The second-order valence-corrected chi connectivity index (χ2v) is 7.08. The van der Waals surface area contributed by atoms with E-state index in [4.69, 9.17) is 4.74 Å². The molecule has 25 heavy (non-hydrogen) atoms. The average Bonchev–Trinajstić information content (AvgIpc) is 2.59. The second kappa shape index (κ2) is 8.47. The topological polar surface area (TPSA) is 72.5 Å². The van der Waals surface area contributed by atoms with Crippen LogP contribution in [-0.2, 0) is 10.0 Å². The van der Waals surface area contributed by atoms with Crippen LogP contribution in [0.15, 0.2) is 53.4 Å². The predicted molar refractivity (Wildman–Crippen MR) is 96.1 cm³/mol. The molecule has 0 atom stereocenters. The first kappa shape index (κ1) is 18.7. The highest BCUT2D eigenvalue weighted by molar-refractivity contribution is 7.89. The standard InChI is InChI=1S/C19H19NO4S/c1-15-7-3-4-8-19(15)24-14-6-5-13-20-25(22,23)18-11-9-17(10-12-18)16(2)21/h3-4,7-12,20H,13-14H2,1-2H3. The van der Waals surface area contributed by atoms with Gasteiger partial charge in [-0.25, -0.2) is 8.42 Å². The summed E-state index contributed by atoms with van der Waals surface area (Å²) >= 11 is 0. The van der Waals surface area contributed by atoms with E-state index in [2.05, 4.69) is 16.6 Å². The fourth-order valence-corrected chi connectivity index (χ4v) is 2.95. The van der Waals surface area contributed by atoms with E-state index < -0.39 is 10.0 Å². The number of para-hydroxylation sites is 1. The highest BCUT2D eigenvalue weighted by Gasteiger charge is 2.12. The number of Topliss-reactive ketones (excluding diaryl/α,β-unsaturated/α-hetero) is 1. The van der Waals surface area contributed by atoms with Crippen LogP contribution in [0.2, 0.25) is 0 Å². The molecule has 2 rings (SSSR count). The van der Waals surface area contributed by atoms with Crippen molar-refractivity contribution in [2.24, 2.45) is 0 Å². The number of hydrogen-bond donors (Lipinski definition) is 1. The van der Waals surface area contributed by atoms with Crippen LogP contribution in [0.5, 0.6) is 5.75 Å². The SMILES string of the molecule is CC(=O)c1ccc(S(=O)(=O)NCC#CCOc2ccccc2C)cc1. The molecule has 0 saturated heterocycles. The molecule has 130 valence electrons. The van der Waals surface area contributed by atoms with E-state index in [1.807, 2.05) is 31.2 Å². The number of aryl methyl sites for hydroxylation is 1. The summed E-state index contributed by atoms with van der Waals surface area (Å²) in [5.41, 5.74) is 1.48. The molecule has 0 unspecified atom stereocenters. The number of ether oxygens (including phenoxy) is 1. The van der Waals surface area contributed by atoms with E-state index in [0.717, 1.165) is 11.3 Å². The van der Waals surface area contributed by atoms with Crippen LogP contribution < -0.4 is 9.46 Å². The molecular weight excluding hydrogens is 338 g/mol. The molecule has 6 heteroatoms. The lowest BCUT2D eigenvalue weighted by Gasteiger charge is -2.05. The quantitative estimate of drug-likeness (QED) is 0.637. The van der Waals surface area contributed by atoms with Gasteiger partial charge in [0.15, 0.2) is 5.78 Å². The maximum Gasteiger partial charge on any atom is 0.241 e. The van der Waals surface area contributed by atoms with Crippen molar-refractivity contribution in [3.63, 3.8) is 0 Å². The van der Waals surface area contributed by atoms with Gasteiger partial charge in [-0.3, -0.25) is 4.79 Å². The van der Waals surface area contributed by atoms with Crippen molar-refractivity contribution < 1.29 is 17.9 Å². The van der Waals surface area contributed by atoms with Gasteiger partial charge in [0.2, 0.25) is 10.0 Å². The number of sulfonamides is 1. The molecule has 0 aromatic heterocycles. The van der Waals surface area contributed by atoms with Crippen LogP contribution in [0.25, 0.3) is 0 Å². The van der Waals surface area contributed by atoms with Gasteiger partial charge in [0.25, 0.3) is 0 Å². The Morgan fingerprint density at radius 3 is 2.40 bits per heavy atom. The summed E-state index contributed by atoms with van der Waals surface area (Å²) in [6, 6.07) is 13.4. The number of hydrogen-bond acceptors (Lipinski definition) is 4. The minimum atomic E-state index is -3.65. The monoisotopic (exact) mass is 357 g/mol. The Hall–Kier alpha value is -2.62. The maximum atomic E-state index is 12.1. The summed E-state index contributed by atoms with van der Waals surface area (Å²) in [6.45, 7) is 3.53. The fraction of sp³-hybridized carbons (Fsp3) is 0.211. The minimum Gasteiger partial charge on any atom is -0.481 e. The van der Waals surface area contributed by atoms with Crippen molar-refractivity contribution in [2.45, 2.75) is 18.7 Å². The van der Waals surface area contributed by atoms with Crippen molar-refractivity contribution in [3.8, 4) is 17.6 Å². The van der Waals surface area contributed by atoms with Gasteiger partial charge in [-0.1, -0.05) is 42.2 Å². The van der Waals surface area contributed by atoms with Gasteiger partial charge >= 0.3 is 0 Å². The van der Waals surface area contributed by atoms with Crippen LogP contribution in [0.4, 0.5) is 0 Å². The Morgan fingerprint density at radius 1 is 1.08 bits per heavy atom. The predicted octanol–water partition coefficient (Wildman–Crippen LogP) is 2.56. The Kier molecular flexibility index (Phi) is 6.34. The van der Waals surface area contributed by atoms with Gasteiger partial charge < -0.3 is 4.74 Å². The largest absolute Gasteiger partial charge is 0.481 e. The minimum absolute atomic E-state index is 0.0199. The molecule has 0 bridgehead atoms. The highest BCUT2D eigenvalue weighted by atomic mass is 32.2. The van der Waals surface area contributed by atoms with Crippen molar-refractivity contribution in [2.75, 3.05) is 13.2 Å². The third kappa shape index (κ3) is 5.45. The normalized spacial score (nSPS) is 10.6. The van der Waals surface area contributed by atoms with Gasteiger partial charge in [-0.15, -0.1) is 0 Å². The van der Waals surface area contributed by atoms with E-state index >= 15 is 0 Å². The van der Waals surface area contributed by atoms with Crippen LogP contribution in [0, 0.1) is 18.8 Å². The van der Waals surface area contributed by atoms with E-state index in [9.17, 15) is 13.2 Å². The summed E-state index contributed by atoms with van der Waals surface area (Å²) in [5.74, 6) is 6.11. The molecule has 0 aliphatic rings. The first-order valence-corrected chi connectivity index (χ1v) is 9.13. The van der Waals surface area contributed by atoms with Crippen LogP contribution in [0.3, 0.4) is 0 Å². The number of benzene rings is 2. The Bertz CT molecular complexity index is 906. The number of carbonyl (C=O) groups excluding carboxylic acids is 1. The second-order valence-electron chi connectivity index (χ2n) is 5.31. The lowest BCUT2D eigenvalue weighted by atomic mass is 10.2. The molecule has 0 radical (unpaired) electrons. The third-order valence-electron chi connectivity index (χ3n) is 3.44. The first-order valence-electron chi connectivity index (χ1n) is 7.65. The van der Waals surface area contributed by atoms with Crippen LogP contribution >= 0.6 is 0 Å². The van der Waals surface area contributed by atoms with Crippen LogP contribution in [-0.4, -0.2) is 27.4 Å². The smallest absolute Gasteiger partial charge is 0.241 e. The number of nitrogens with one attached hydrogen (secondary N) is 1. The van der Waals surface area contributed by atoms with Gasteiger partial charge in [-0.05, 0) is 37.6 Å². The zero-order chi connectivity index (χ0) is 18.3. The summed E-state index contributed by atoms with van der Waals surface area (Å²) < 4.78 is 32.1. The lowest BCUT2D eigenvalue weighted by molar-refractivity contribution is 0.101. The molecule has 0 aliphatic heterocycles. The third-order valence-corrected chi connectivity index (χ3v) is 4.86. The molecule has 2 aromatic rings. The molecule has 0 aliphatic carbocycles. The number of rotatable bonds is 6. The van der Waals surface area contributed by atoms with Gasteiger partial charge in [0.05, 0.1) is 11.4 Å². The molecule has 0 amide bonds. The summed E-state index contributed by atoms with van der Waals surface area (Å²) in [7, 11) is -3.65. The summed E-state index contributed by atoms with van der Waals surface area (Å²) in [4.78, 5) is 11.3. The molecule has 0 saturated carbocycles. The van der Waals surface area contributed by atoms with Crippen molar-refractivity contribution in [1.29, 1.82) is 0 Å². The van der Waals surface area contributed by atoms with E-state index in [1.54, 1.807) is 0 Å². The molecule has 0 fully saturated rings.